The van der Waals surface area contributed by atoms with E-state index in [4.69, 9.17) is 4.43 Å². The number of hydrogen-bond donors (Lipinski definition) is 0. The van der Waals surface area contributed by atoms with E-state index in [1.165, 1.54) is 30.4 Å². The maximum Gasteiger partial charge on any atom is 0.269 e. The summed E-state index contributed by atoms with van der Waals surface area (Å²) in [5.74, 6) is -1.95. The Morgan fingerprint density at radius 2 is 1.61 bits per heavy atom. The van der Waals surface area contributed by atoms with Crippen LogP contribution >= 0.6 is 21.8 Å². The zero-order valence-corrected chi connectivity index (χ0v) is 18.6. The lowest BCUT2D eigenvalue weighted by Gasteiger charge is -2.48. The molecule has 0 bridgehead atoms. The molecule has 1 unspecified atom stereocenters. The van der Waals surface area contributed by atoms with E-state index in [0.717, 1.165) is 0 Å². The Labute approximate surface area is 156 Å². The fourth-order valence-electron chi connectivity index (χ4n) is 3.58. The van der Waals surface area contributed by atoms with Crippen LogP contribution in [-0.4, -0.2) is 11.9 Å². The molecule has 1 atom stereocenters. The first kappa shape index (κ1) is 19.2. The van der Waals surface area contributed by atoms with Gasteiger partial charge in [0.2, 0.25) is 0 Å². The van der Waals surface area contributed by atoms with Crippen molar-refractivity contribution in [1.29, 1.82) is 0 Å². The summed E-state index contributed by atoms with van der Waals surface area (Å²) in [6.45, 7) is 14.1. The van der Waals surface area contributed by atoms with Crippen molar-refractivity contribution in [3.8, 4) is 0 Å². The van der Waals surface area contributed by atoms with Crippen molar-refractivity contribution in [3.05, 3.63) is 41.5 Å². The summed E-state index contributed by atoms with van der Waals surface area (Å²) in [4.78, 5) is 0. The highest BCUT2D eigenvalue weighted by molar-refractivity contribution is 14.1. The lowest BCUT2D eigenvalue weighted by atomic mass is 10.1. The second-order valence-corrected chi connectivity index (χ2v) is 17.7. The molecule has 1 fully saturated rings. The van der Waals surface area contributed by atoms with Gasteiger partial charge in [0, 0.05) is 0 Å². The predicted octanol–water partition coefficient (Wildman–Crippen LogP) is 7.12. The molecule has 0 amide bonds. The van der Waals surface area contributed by atoms with Crippen molar-refractivity contribution in [1.82, 2.24) is 0 Å². The van der Waals surface area contributed by atoms with Gasteiger partial charge in [-0.25, -0.2) is 0 Å². The van der Waals surface area contributed by atoms with Crippen LogP contribution < -0.4 is 0 Å². The molecule has 23 heavy (non-hydrogen) atoms. The highest BCUT2D eigenvalue weighted by Gasteiger charge is 2.55. The summed E-state index contributed by atoms with van der Waals surface area (Å²) in [7, 11) is 0. The van der Waals surface area contributed by atoms with Gasteiger partial charge in [-0.15, -0.1) is 0 Å². The van der Waals surface area contributed by atoms with Gasteiger partial charge in [0.15, 0.2) is 0 Å². The van der Waals surface area contributed by atoms with Gasteiger partial charge in [0.1, 0.15) is 0 Å². The zero-order valence-electron chi connectivity index (χ0n) is 15.4. The van der Waals surface area contributed by atoms with Crippen LogP contribution in [-0.2, 0) is 4.43 Å². The lowest BCUT2D eigenvalue weighted by molar-refractivity contribution is 0.215. The maximum absolute atomic E-state index is 6.97. The van der Waals surface area contributed by atoms with Crippen LogP contribution in [0.2, 0.25) is 10.1 Å². The van der Waals surface area contributed by atoms with E-state index in [-0.39, 0.29) is 10.1 Å². The van der Waals surface area contributed by atoms with Crippen LogP contribution in [0.1, 0.15) is 66.4 Å². The minimum absolute atomic E-state index is 0.215. The van der Waals surface area contributed by atoms with Crippen molar-refractivity contribution in [2.24, 2.45) is 0 Å². The highest BCUT2D eigenvalue weighted by atomic mass is 127. The molecule has 1 aromatic rings. The van der Waals surface area contributed by atoms with E-state index in [1.54, 1.807) is 0 Å². The second kappa shape index (κ2) is 7.01. The fraction of sp³-hybridized carbons (Fsp3) is 0.600. The zero-order chi connectivity index (χ0) is 17.3. The Balaban J connectivity index is 2.28. The SMILES string of the molecule is CC(C)(C)[Si](I)(OC1CCC/C1=C\c1ccccc1)C(C)(C)C. The first-order valence-electron chi connectivity index (χ1n) is 8.67. The normalized spacial score (nSPS) is 21.9. The van der Waals surface area contributed by atoms with E-state index < -0.39 is 5.81 Å². The van der Waals surface area contributed by atoms with Gasteiger partial charge in [-0.05, 0) is 40.5 Å². The molecule has 1 aromatic carbocycles. The Morgan fingerprint density at radius 1 is 1.04 bits per heavy atom. The quantitative estimate of drug-likeness (QED) is 0.275. The van der Waals surface area contributed by atoms with Gasteiger partial charge in [0.25, 0.3) is 5.81 Å². The molecular formula is C20H31IOSi. The smallest absolute Gasteiger partial charge is 0.269 e. The summed E-state index contributed by atoms with van der Waals surface area (Å²) >= 11 is 2.71. The minimum Gasteiger partial charge on any atom is -0.399 e. The monoisotopic (exact) mass is 442 g/mol. The average Bonchev–Trinajstić information content (AvgIpc) is 2.84. The summed E-state index contributed by atoms with van der Waals surface area (Å²) in [5.41, 5.74) is 2.78. The van der Waals surface area contributed by atoms with Crippen LogP contribution in [0.15, 0.2) is 35.9 Å². The van der Waals surface area contributed by atoms with Crippen molar-refractivity contribution in [2.75, 3.05) is 0 Å². The summed E-state index contributed by atoms with van der Waals surface area (Å²) in [6.07, 6.45) is 6.25. The minimum atomic E-state index is -1.95. The molecule has 1 saturated carbocycles. The number of rotatable bonds is 3. The molecule has 0 heterocycles. The number of hydrogen-bond acceptors (Lipinski definition) is 1. The van der Waals surface area contributed by atoms with Gasteiger partial charge in [-0.2, -0.15) is 0 Å². The predicted molar refractivity (Wildman–Crippen MR) is 112 cm³/mol. The highest BCUT2D eigenvalue weighted by Crippen LogP contribution is 2.57. The third-order valence-corrected chi connectivity index (χ3v) is 19.7. The third kappa shape index (κ3) is 4.29. The first-order chi connectivity index (χ1) is 10.5. The molecule has 0 spiro atoms. The largest absolute Gasteiger partial charge is 0.399 e. The standard InChI is InChI=1S/C20H31IOSi/c1-19(2,3)23(21,20(4,5)6)22-18-14-10-13-17(18)15-16-11-8-7-9-12-16/h7-9,11-12,15,18H,10,13-14H2,1-6H3/b17-15+. The van der Waals surface area contributed by atoms with Crippen LogP contribution in [0.5, 0.6) is 0 Å². The van der Waals surface area contributed by atoms with Gasteiger partial charge < -0.3 is 4.43 Å². The van der Waals surface area contributed by atoms with Gasteiger partial charge in [0.05, 0.1) is 6.10 Å². The van der Waals surface area contributed by atoms with Crippen LogP contribution in [0.25, 0.3) is 6.08 Å². The van der Waals surface area contributed by atoms with Crippen molar-refractivity contribution >= 4 is 33.7 Å². The first-order valence-corrected chi connectivity index (χ1v) is 13.7. The Hall–Kier alpha value is -0.133. The topological polar surface area (TPSA) is 9.23 Å². The van der Waals surface area contributed by atoms with Crippen molar-refractivity contribution in [3.63, 3.8) is 0 Å². The number of halogens is 1. The maximum atomic E-state index is 6.97. The Kier molecular flexibility index (Phi) is 5.85. The lowest BCUT2D eigenvalue weighted by Crippen LogP contribution is -2.51. The molecule has 0 N–H and O–H groups in total. The van der Waals surface area contributed by atoms with Gasteiger partial charge in [-0.1, -0.05) is 99.7 Å². The van der Waals surface area contributed by atoms with Crippen molar-refractivity contribution < 1.29 is 4.43 Å². The van der Waals surface area contributed by atoms with Crippen LogP contribution in [0.3, 0.4) is 0 Å². The molecule has 0 aromatic heterocycles. The van der Waals surface area contributed by atoms with Crippen LogP contribution in [0.4, 0.5) is 0 Å². The molecule has 1 aliphatic rings. The molecule has 3 heteroatoms. The van der Waals surface area contributed by atoms with E-state index in [0.29, 0.717) is 6.10 Å². The van der Waals surface area contributed by atoms with Crippen LogP contribution in [0, 0.1) is 0 Å². The fourth-order valence-corrected chi connectivity index (χ4v) is 8.11. The Bertz CT molecular complexity index is 537. The average molecular weight is 442 g/mol. The number of benzene rings is 1. The van der Waals surface area contributed by atoms with E-state index in [1.807, 2.05) is 0 Å². The molecular weight excluding hydrogens is 411 g/mol. The third-order valence-electron chi connectivity index (χ3n) is 4.73. The van der Waals surface area contributed by atoms with E-state index in [9.17, 15) is 0 Å². The molecule has 0 saturated heterocycles. The molecule has 128 valence electrons. The molecule has 0 aliphatic heterocycles. The van der Waals surface area contributed by atoms with E-state index >= 15 is 0 Å². The molecule has 0 radical (unpaired) electrons. The summed E-state index contributed by atoms with van der Waals surface area (Å²) in [6, 6.07) is 10.7. The molecule has 1 aliphatic carbocycles. The van der Waals surface area contributed by atoms with Crippen molar-refractivity contribution in [2.45, 2.75) is 77.0 Å². The second-order valence-electron chi connectivity index (χ2n) is 8.72. The summed E-state index contributed by atoms with van der Waals surface area (Å²) in [5, 5.41) is 0.429. The molecule has 1 nitrogen and oxygen atoms in total. The Morgan fingerprint density at radius 3 is 2.13 bits per heavy atom. The summed E-state index contributed by atoms with van der Waals surface area (Å²) < 4.78 is 6.97. The van der Waals surface area contributed by atoms with Gasteiger partial charge in [-0.3, -0.25) is 0 Å². The molecule has 2 rings (SSSR count). The van der Waals surface area contributed by atoms with Gasteiger partial charge >= 0.3 is 0 Å². The van der Waals surface area contributed by atoms with E-state index in [2.05, 4.69) is 99.7 Å².